The van der Waals surface area contributed by atoms with Crippen molar-refractivity contribution in [3.63, 3.8) is 0 Å². The quantitative estimate of drug-likeness (QED) is 0.599. The van der Waals surface area contributed by atoms with Gasteiger partial charge in [-0.3, -0.25) is 0 Å². The molecule has 3 rings (SSSR count). The summed E-state index contributed by atoms with van der Waals surface area (Å²) in [5.41, 5.74) is 2.35. The zero-order valence-electron chi connectivity index (χ0n) is 11.2. The maximum absolute atomic E-state index is 4.81. The van der Waals surface area contributed by atoms with E-state index in [1.54, 1.807) is 11.3 Å². The molecule has 0 unspecified atom stereocenters. The molecule has 0 radical (unpaired) electrons. The molecule has 3 heteroatoms. The van der Waals surface area contributed by atoms with Crippen molar-refractivity contribution in [2.45, 2.75) is 32.7 Å². The number of imidazole rings is 1. The number of para-hydroxylation sites is 2. The molecular formula is C16H18N2S. The fourth-order valence-electron chi connectivity index (χ4n) is 2.42. The van der Waals surface area contributed by atoms with E-state index in [-0.39, 0.29) is 0 Å². The Morgan fingerprint density at radius 3 is 2.79 bits per heavy atom. The monoisotopic (exact) mass is 270 g/mol. The van der Waals surface area contributed by atoms with Crippen molar-refractivity contribution >= 4 is 22.4 Å². The summed E-state index contributed by atoms with van der Waals surface area (Å²) in [7, 11) is 0. The minimum absolute atomic E-state index is 1.06. The molecule has 1 aromatic carbocycles. The molecule has 0 N–H and O–H groups in total. The Morgan fingerprint density at radius 1 is 1.11 bits per heavy atom. The van der Waals surface area contributed by atoms with Gasteiger partial charge in [0.1, 0.15) is 0 Å². The van der Waals surface area contributed by atoms with Crippen LogP contribution in [0, 0.1) is 0 Å². The molecule has 0 spiro atoms. The molecule has 2 heterocycles. The highest BCUT2D eigenvalue weighted by atomic mass is 32.1. The number of hydrogen-bond donors (Lipinski definition) is 0. The van der Waals surface area contributed by atoms with Crippen molar-refractivity contribution in [2.75, 3.05) is 0 Å². The zero-order valence-corrected chi connectivity index (χ0v) is 12.0. The normalized spacial score (nSPS) is 11.2. The van der Waals surface area contributed by atoms with E-state index in [2.05, 4.69) is 53.3 Å². The summed E-state index contributed by atoms with van der Waals surface area (Å²) in [4.78, 5) is 6.06. The summed E-state index contributed by atoms with van der Waals surface area (Å²) in [5, 5.41) is 2.12. The Bertz CT molecular complexity index is 653. The molecule has 0 saturated heterocycles. The Morgan fingerprint density at radius 2 is 2.00 bits per heavy atom. The van der Waals surface area contributed by atoms with Gasteiger partial charge < -0.3 is 4.57 Å². The maximum atomic E-state index is 4.81. The Kier molecular flexibility index (Phi) is 3.65. The minimum atomic E-state index is 1.06. The van der Waals surface area contributed by atoms with Crippen LogP contribution < -0.4 is 0 Å². The van der Waals surface area contributed by atoms with Gasteiger partial charge in [-0.05, 0) is 30.0 Å². The number of rotatable bonds is 5. The van der Waals surface area contributed by atoms with E-state index in [1.807, 2.05) is 0 Å². The fraction of sp³-hybridized carbons (Fsp3) is 0.312. The first-order valence-electron chi connectivity index (χ1n) is 6.89. The van der Waals surface area contributed by atoms with Crippen molar-refractivity contribution in [1.29, 1.82) is 0 Å². The second-order valence-corrected chi connectivity index (χ2v) is 5.71. The lowest BCUT2D eigenvalue weighted by Gasteiger charge is -2.07. The van der Waals surface area contributed by atoms with Gasteiger partial charge in [0.2, 0.25) is 0 Å². The number of aryl methyl sites for hydroxylation is 1. The van der Waals surface area contributed by atoms with Gasteiger partial charge in [-0.1, -0.05) is 38.0 Å². The number of benzene rings is 1. The van der Waals surface area contributed by atoms with Crippen LogP contribution in [0.1, 0.15) is 26.2 Å². The number of fused-ring (bicyclic) bond motifs is 1. The van der Waals surface area contributed by atoms with Crippen LogP contribution in [0.3, 0.4) is 0 Å². The van der Waals surface area contributed by atoms with Crippen molar-refractivity contribution in [3.05, 3.63) is 41.8 Å². The average Bonchev–Trinajstić information content (AvgIpc) is 3.06. The number of hydrogen-bond acceptors (Lipinski definition) is 2. The third-order valence-electron chi connectivity index (χ3n) is 3.38. The standard InChI is InChI=1S/C16H18N2S/c1-2-3-6-11-18-14-9-5-4-8-13(14)17-16(18)15-10-7-12-19-15/h4-5,7-10,12H,2-3,6,11H2,1H3. The molecule has 0 aliphatic heterocycles. The molecule has 0 aliphatic carbocycles. The van der Waals surface area contributed by atoms with E-state index < -0.39 is 0 Å². The van der Waals surface area contributed by atoms with Crippen LogP contribution in [-0.2, 0) is 6.54 Å². The smallest absolute Gasteiger partial charge is 0.151 e. The van der Waals surface area contributed by atoms with Gasteiger partial charge >= 0.3 is 0 Å². The van der Waals surface area contributed by atoms with Crippen LogP contribution in [0.5, 0.6) is 0 Å². The van der Waals surface area contributed by atoms with Gasteiger partial charge in [-0.25, -0.2) is 4.98 Å². The third-order valence-corrected chi connectivity index (χ3v) is 4.25. The molecule has 19 heavy (non-hydrogen) atoms. The number of thiophene rings is 1. The molecule has 0 bridgehead atoms. The molecule has 2 aromatic heterocycles. The lowest BCUT2D eigenvalue weighted by atomic mass is 10.2. The summed E-state index contributed by atoms with van der Waals surface area (Å²) in [5.74, 6) is 1.12. The lowest BCUT2D eigenvalue weighted by molar-refractivity contribution is 0.618. The zero-order chi connectivity index (χ0) is 13.1. The van der Waals surface area contributed by atoms with E-state index in [4.69, 9.17) is 4.98 Å². The average molecular weight is 270 g/mol. The topological polar surface area (TPSA) is 17.8 Å². The first-order valence-corrected chi connectivity index (χ1v) is 7.77. The number of unbranched alkanes of at least 4 members (excludes halogenated alkanes) is 2. The van der Waals surface area contributed by atoms with Crippen molar-refractivity contribution < 1.29 is 0 Å². The SMILES string of the molecule is CCCCCn1c(-c2cccs2)nc2ccccc21. The van der Waals surface area contributed by atoms with Gasteiger partial charge in [-0.2, -0.15) is 0 Å². The predicted octanol–water partition coefficient (Wildman–Crippen LogP) is 4.96. The van der Waals surface area contributed by atoms with Crippen LogP contribution in [-0.4, -0.2) is 9.55 Å². The summed E-state index contributed by atoms with van der Waals surface area (Å²) in [6.45, 7) is 3.30. The maximum Gasteiger partial charge on any atom is 0.151 e. The van der Waals surface area contributed by atoms with Crippen LogP contribution in [0.15, 0.2) is 41.8 Å². The summed E-state index contributed by atoms with van der Waals surface area (Å²) >= 11 is 1.76. The van der Waals surface area contributed by atoms with E-state index in [0.29, 0.717) is 0 Å². The van der Waals surface area contributed by atoms with E-state index in [9.17, 15) is 0 Å². The molecule has 0 amide bonds. The Labute approximate surface area is 117 Å². The second-order valence-electron chi connectivity index (χ2n) is 4.76. The Balaban J connectivity index is 2.06. The van der Waals surface area contributed by atoms with Crippen LogP contribution >= 0.6 is 11.3 Å². The first kappa shape index (κ1) is 12.4. The van der Waals surface area contributed by atoms with Crippen LogP contribution in [0.4, 0.5) is 0 Å². The molecular weight excluding hydrogens is 252 g/mol. The van der Waals surface area contributed by atoms with Crippen molar-refractivity contribution in [3.8, 4) is 10.7 Å². The van der Waals surface area contributed by atoms with Gasteiger partial charge in [0.05, 0.1) is 15.9 Å². The number of aromatic nitrogens is 2. The second kappa shape index (κ2) is 5.57. The summed E-state index contributed by atoms with van der Waals surface area (Å²) in [6.07, 6.45) is 3.74. The summed E-state index contributed by atoms with van der Waals surface area (Å²) in [6, 6.07) is 12.7. The van der Waals surface area contributed by atoms with Gasteiger partial charge in [0.15, 0.2) is 5.82 Å². The van der Waals surface area contributed by atoms with E-state index >= 15 is 0 Å². The lowest BCUT2D eigenvalue weighted by Crippen LogP contribution is -1.99. The predicted molar refractivity (Wildman–Crippen MR) is 82.6 cm³/mol. The first-order chi connectivity index (χ1) is 9.40. The fourth-order valence-corrected chi connectivity index (χ4v) is 3.14. The minimum Gasteiger partial charge on any atom is -0.323 e. The van der Waals surface area contributed by atoms with Gasteiger partial charge in [-0.15, -0.1) is 11.3 Å². The summed E-state index contributed by atoms with van der Waals surface area (Å²) < 4.78 is 2.37. The Hall–Kier alpha value is -1.61. The highest BCUT2D eigenvalue weighted by molar-refractivity contribution is 7.13. The van der Waals surface area contributed by atoms with E-state index in [1.165, 1.54) is 29.7 Å². The third kappa shape index (κ3) is 2.43. The van der Waals surface area contributed by atoms with Crippen LogP contribution in [0.2, 0.25) is 0 Å². The van der Waals surface area contributed by atoms with Gasteiger partial charge in [0.25, 0.3) is 0 Å². The molecule has 2 nitrogen and oxygen atoms in total. The highest BCUT2D eigenvalue weighted by Crippen LogP contribution is 2.28. The number of nitrogens with zero attached hydrogens (tertiary/aromatic N) is 2. The van der Waals surface area contributed by atoms with Gasteiger partial charge in [0, 0.05) is 6.54 Å². The largest absolute Gasteiger partial charge is 0.323 e. The molecule has 0 saturated carbocycles. The molecule has 3 aromatic rings. The molecule has 98 valence electrons. The van der Waals surface area contributed by atoms with Crippen LogP contribution in [0.25, 0.3) is 21.7 Å². The molecule has 0 aliphatic rings. The molecule has 0 fully saturated rings. The van der Waals surface area contributed by atoms with Crippen molar-refractivity contribution in [1.82, 2.24) is 9.55 Å². The highest BCUT2D eigenvalue weighted by Gasteiger charge is 2.12. The van der Waals surface area contributed by atoms with E-state index in [0.717, 1.165) is 17.9 Å². The van der Waals surface area contributed by atoms with Crippen molar-refractivity contribution in [2.24, 2.45) is 0 Å². The molecule has 0 atom stereocenters.